The molecule has 0 radical (unpaired) electrons. The van der Waals surface area contributed by atoms with Gasteiger partial charge in [-0.15, -0.1) is 0 Å². The predicted octanol–water partition coefficient (Wildman–Crippen LogP) is 3.48. The second-order valence-corrected chi connectivity index (χ2v) is 8.21. The molecular weight excluding hydrogens is 424 g/mol. The molecule has 1 saturated heterocycles. The van der Waals surface area contributed by atoms with Gasteiger partial charge >= 0.3 is 5.97 Å². The van der Waals surface area contributed by atoms with Gasteiger partial charge in [0.25, 0.3) is 0 Å². The fraction of sp³-hybridized carbons (Fsp3) is 0.400. The summed E-state index contributed by atoms with van der Waals surface area (Å²) in [7, 11) is 0. The van der Waals surface area contributed by atoms with Gasteiger partial charge < -0.3 is 14.6 Å². The molecule has 0 bridgehead atoms. The van der Waals surface area contributed by atoms with Crippen LogP contribution in [0.3, 0.4) is 0 Å². The van der Waals surface area contributed by atoms with E-state index in [1.54, 1.807) is 0 Å². The van der Waals surface area contributed by atoms with Gasteiger partial charge in [0.05, 0.1) is 5.69 Å². The monoisotopic (exact) mass is 446 g/mol. The highest BCUT2D eigenvalue weighted by Gasteiger charge is 2.32. The highest BCUT2D eigenvalue weighted by atomic mass is 79.9. The fourth-order valence-electron chi connectivity index (χ4n) is 3.96. The van der Waals surface area contributed by atoms with E-state index in [0.29, 0.717) is 13.1 Å². The molecule has 2 N–H and O–H groups in total. The maximum atomic E-state index is 12.2. The normalized spacial score (nSPS) is 17.2. The van der Waals surface area contributed by atoms with Gasteiger partial charge in [0.1, 0.15) is 11.8 Å². The van der Waals surface area contributed by atoms with Gasteiger partial charge in [-0.05, 0) is 32.0 Å². The van der Waals surface area contributed by atoms with Crippen molar-refractivity contribution < 1.29 is 14.4 Å². The number of carboxylic acids is 1. The number of fused-ring (bicyclic) bond motifs is 1. The highest BCUT2D eigenvalue weighted by Crippen LogP contribution is 2.31. The molecule has 3 aromatic rings. The number of hydrogen-bond acceptors (Lipinski definition) is 5. The van der Waals surface area contributed by atoms with E-state index < -0.39 is 12.0 Å². The van der Waals surface area contributed by atoms with E-state index in [4.69, 9.17) is 4.52 Å². The number of nitrogens with zero attached hydrogens (tertiary/aromatic N) is 3. The van der Waals surface area contributed by atoms with Gasteiger partial charge in [-0.1, -0.05) is 21.1 Å². The number of aromatic nitrogens is 2. The molecule has 3 heterocycles. The van der Waals surface area contributed by atoms with Crippen molar-refractivity contribution in [3.05, 3.63) is 51.4 Å². The Morgan fingerprint density at radius 2 is 2.07 bits per heavy atom. The summed E-state index contributed by atoms with van der Waals surface area (Å²) >= 11 is 3.49. The lowest BCUT2D eigenvalue weighted by Gasteiger charge is -2.37. The molecule has 1 aromatic carbocycles. The number of carboxylic acid groups (broad SMARTS) is 1. The molecule has 1 aliphatic rings. The third kappa shape index (κ3) is 3.59. The summed E-state index contributed by atoms with van der Waals surface area (Å²) in [4.78, 5) is 19.7. The van der Waals surface area contributed by atoms with Gasteiger partial charge in [-0.3, -0.25) is 14.6 Å². The molecule has 4 rings (SSSR count). The number of H-pyrrole nitrogens is 1. The smallest absolute Gasteiger partial charge is 0.325 e. The molecule has 1 fully saturated rings. The molecular formula is C20H23BrN4O3. The van der Waals surface area contributed by atoms with Crippen molar-refractivity contribution in [1.29, 1.82) is 0 Å². The van der Waals surface area contributed by atoms with E-state index in [0.717, 1.165) is 57.6 Å². The van der Waals surface area contributed by atoms with Crippen molar-refractivity contribution >= 4 is 32.8 Å². The van der Waals surface area contributed by atoms with E-state index in [1.165, 1.54) is 0 Å². The number of piperazine rings is 1. The largest absolute Gasteiger partial charge is 0.480 e. The maximum Gasteiger partial charge on any atom is 0.325 e. The lowest BCUT2D eigenvalue weighted by Crippen LogP contribution is -2.48. The lowest BCUT2D eigenvalue weighted by molar-refractivity contribution is -0.144. The summed E-state index contributed by atoms with van der Waals surface area (Å²) in [6, 6.07) is 5.23. The number of nitrogens with one attached hydrogen (secondary N) is 1. The second kappa shape index (κ2) is 7.69. The summed E-state index contributed by atoms with van der Waals surface area (Å²) in [6.45, 7) is 7.67. The van der Waals surface area contributed by atoms with Crippen LogP contribution in [0.25, 0.3) is 10.9 Å². The summed E-state index contributed by atoms with van der Waals surface area (Å²) in [5, 5.41) is 14.9. The van der Waals surface area contributed by atoms with E-state index in [1.807, 2.05) is 38.2 Å². The van der Waals surface area contributed by atoms with Crippen molar-refractivity contribution in [2.75, 3.05) is 26.2 Å². The van der Waals surface area contributed by atoms with Gasteiger partial charge in [0.2, 0.25) is 0 Å². The Balaban J connectivity index is 1.51. The number of aromatic amines is 1. The molecule has 0 saturated carbocycles. The van der Waals surface area contributed by atoms with Crippen LogP contribution in [0, 0.1) is 13.8 Å². The quantitative estimate of drug-likeness (QED) is 0.623. The number of aryl methyl sites for hydroxylation is 2. The Morgan fingerprint density at radius 1 is 1.32 bits per heavy atom. The standard InChI is InChI=1S/C20H23BrN4O3/c1-12-17(13(2)28-23-12)11-24-5-7-25(8-6-24)19(20(26)27)16-10-22-18-4-3-14(21)9-15(16)18/h3-4,9-10,19,22H,5-8,11H2,1-2H3,(H,26,27). The first kappa shape index (κ1) is 19.2. The van der Waals surface area contributed by atoms with Crippen LogP contribution in [-0.2, 0) is 11.3 Å². The number of aliphatic carboxylic acids is 1. The van der Waals surface area contributed by atoms with Gasteiger partial charge in [0, 0.05) is 65.4 Å². The van der Waals surface area contributed by atoms with Crippen LogP contribution in [0.1, 0.15) is 28.6 Å². The van der Waals surface area contributed by atoms with Crippen molar-refractivity contribution in [1.82, 2.24) is 19.9 Å². The van der Waals surface area contributed by atoms with Crippen LogP contribution in [0.5, 0.6) is 0 Å². The molecule has 7 nitrogen and oxygen atoms in total. The van der Waals surface area contributed by atoms with Crippen molar-refractivity contribution in [3.63, 3.8) is 0 Å². The van der Waals surface area contributed by atoms with Crippen LogP contribution in [0.2, 0.25) is 0 Å². The summed E-state index contributed by atoms with van der Waals surface area (Å²) in [6.07, 6.45) is 1.83. The van der Waals surface area contributed by atoms with Crippen LogP contribution in [0.15, 0.2) is 33.4 Å². The van der Waals surface area contributed by atoms with E-state index in [2.05, 4.69) is 35.9 Å². The molecule has 0 amide bonds. The zero-order valence-electron chi connectivity index (χ0n) is 15.9. The molecule has 1 aliphatic heterocycles. The average molecular weight is 447 g/mol. The zero-order chi connectivity index (χ0) is 19.8. The summed E-state index contributed by atoms with van der Waals surface area (Å²) in [5.41, 5.74) is 3.81. The van der Waals surface area contributed by atoms with Crippen LogP contribution >= 0.6 is 15.9 Å². The third-order valence-electron chi connectivity index (χ3n) is 5.54. The van der Waals surface area contributed by atoms with E-state index in [-0.39, 0.29) is 0 Å². The molecule has 8 heteroatoms. The second-order valence-electron chi connectivity index (χ2n) is 7.29. The van der Waals surface area contributed by atoms with Crippen LogP contribution in [0.4, 0.5) is 0 Å². The Labute approximate surface area is 171 Å². The number of benzene rings is 1. The molecule has 28 heavy (non-hydrogen) atoms. The summed E-state index contributed by atoms with van der Waals surface area (Å²) in [5.74, 6) is 0.0350. The first-order valence-electron chi connectivity index (χ1n) is 9.31. The molecule has 1 unspecified atom stereocenters. The number of hydrogen-bond donors (Lipinski definition) is 2. The van der Waals surface area contributed by atoms with Crippen molar-refractivity contribution in [3.8, 4) is 0 Å². The van der Waals surface area contributed by atoms with Crippen LogP contribution < -0.4 is 0 Å². The van der Waals surface area contributed by atoms with Gasteiger partial charge in [0.15, 0.2) is 0 Å². The van der Waals surface area contributed by atoms with Crippen LogP contribution in [-0.4, -0.2) is 57.2 Å². The Hall–Kier alpha value is -2.16. The fourth-order valence-corrected chi connectivity index (χ4v) is 4.32. The number of carbonyl (C=O) groups is 1. The predicted molar refractivity (Wildman–Crippen MR) is 109 cm³/mol. The van der Waals surface area contributed by atoms with Gasteiger partial charge in [-0.25, -0.2) is 0 Å². The Kier molecular flexibility index (Phi) is 5.27. The number of halogens is 1. The first-order chi connectivity index (χ1) is 13.4. The van der Waals surface area contributed by atoms with E-state index >= 15 is 0 Å². The zero-order valence-corrected chi connectivity index (χ0v) is 17.5. The molecule has 148 valence electrons. The molecule has 0 spiro atoms. The highest BCUT2D eigenvalue weighted by molar-refractivity contribution is 9.10. The van der Waals surface area contributed by atoms with Gasteiger partial charge in [-0.2, -0.15) is 0 Å². The Morgan fingerprint density at radius 3 is 2.71 bits per heavy atom. The lowest BCUT2D eigenvalue weighted by atomic mass is 10.0. The van der Waals surface area contributed by atoms with E-state index in [9.17, 15) is 9.90 Å². The van der Waals surface area contributed by atoms with Crippen molar-refractivity contribution in [2.24, 2.45) is 0 Å². The third-order valence-corrected chi connectivity index (χ3v) is 6.03. The Bertz CT molecular complexity index is 985. The maximum absolute atomic E-state index is 12.2. The van der Waals surface area contributed by atoms with Crippen molar-refractivity contribution in [2.45, 2.75) is 26.4 Å². The summed E-state index contributed by atoms with van der Waals surface area (Å²) < 4.78 is 6.19. The topological polar surface area (TPSA) is 85.6 Å². The molecule has 2 aromatic heterocycles. The first-order valence-corrected chi connectivity index (χ1v) is 10.1. The minimum absolute atomic E-state index is 0.663. The molecule has 0 aliphatic carbocycles. The number of rotatable bonds is 5. The SMILES string of the molecule is Cc1noc(C)c1CN1CCN(C(C(=O)O)c2c[nH]c3ccc(Br)cc23)CC1. The molecule has 1 atom stereocenters. The minimum Gasteiger partial charge on any atom is -0.480 e. The average Bonchev–Trinajstić information content (AvgIpc) is 3.21. The minimum atomic E-state index is -0.819.